The minimum absolute atomic E-state index is 0.146. The molecule has 0 aliphatic rings. The third-order valence-electron chi connectivity index (χ3n) is 3.83. The zero-order chi connectivity index (χ0) is 20.6. The zero-order valence-electron chi connectivity index (χ0n) is 14.7. The SMILES string of the molecule is CC(C)c1nccc(SCC(=O)O)c1-n1c(=O)[nH]c(=O)c2cc(F)c(Cl)nc21. The molecule has 0 saturated carbocycles. The molecule has 0 saturated heterocycles. The van der Waals surface area contributed by atoms with Gasteiger partial charge in [-0.05, 0) is 18.1 Å². The van der Waals surface area contributed by atoms with Gasteiger partial charge in [-0.15, -0.1) is 11.8 Å². The van der Waals surface area contributed by atoms with Crippen LogP contribution in [0.5, 0.6) is 0 Å². The molecule has 0 aromatic carbocycles. The van der Waals surface area contributed by atoms with Gasteiger partial charge in [-0.3, -0.25) is 19.6 Å². The van der Waals surface area contributed by atoms with Crippen molar-refractivity contribution in [1.82, 2.24) is 19.5 Å². The van der Waals surface area contributed by atoms with E-state index in [1.54, 1.807) is 6.07 Å². The van der Waals surface area contributed by atoms with Crippen LogP contribution in [0.3, 0.4) is 0 Å². The number of nitrogens with one attached hydrogen (secondary N) is 1. The molecule has 0 unspecified atom stereocenters. The van der Waals surface area contributed by atoms with Crippen LogP contribution in [-0.2, 0) is 4.79 Å². The fourth-order valence-corrected chi connectivity index (χ4v) is 3.58. The van der Waals surface area contributed by atoms with Gasteiger partial charge in [0.1, 0.15) is 0 Å². The van der Waals surface area contributed by atoms with Gasteiger partial charge in [0.2, 0.25) is 0 Å². The molecule has 3 aromatic rings. The number of fused-ring (bicyclic) bond motifs is 1. The molecule has 8 nitrogen and oxygen atoms in total. The highest BCUT2D eigenvalue weighted by Gasteiger charge is 2.22. The largest absolute Gasteiger partial charge is 0.481 e. The maximum Gasteiger partial charge on any atom is 0.334 e. The van der Waals surface area contributed by atoms with E-state index in [-0.39, 0.29) is 28.4 Å². The highest BCUT2D eigenvalue weighted by molar-refractivity contribution is 8.00. The van der Waals surface area contributed by atoms with E-state index in [1.807, 2.05) is 13.8 Å². The number of carbonyl (C=O) groups is 1. The van der Waals surface area contributed by atoms with E-state index in [0.29, 0.717) is 10.6 Å². The molecule has 0 spiro atoms. The first-order valence-electron chi connectivity index (χ1n) is 8.05. The number of halogens is 2. The lowest BCUT2D eigenvalue weighted by atomic mass is 10.1. The van der Waals surface area contributed by atoms with E-state index < -0.39 is 28.2 Å². The smallest absolute Gasteiger partial charge is 0.334 e. The first-order valence-corrected chi connectivity index (χ1v) is 9.42. The highest BCUT2D eigenvalue weighted by atomic mass is 35.5. The molecule has 0 fully saturated rings. The summed E-state index contributed by atoms with van der Waals surface area (Å²) < 4.78 is 14.9. The number of pyridine rings is 2. The second-order valence-corrected chi connectivity index (χ2v) is 7.48. The molecule has 3 aromatic heterocycles. The molecule has 0 atom stereocenters. The van der Waals surface area contributed by atoms with Crippen LogP contribution in [0.2, 0.25) is 5.15 Å². The van der Waals surface area contributed by atoms with Crippen LogP contribution < -0.4 is 11.2 Å². The van der Waals surface area contributed by atoms with Gasteiger partial charge in [0.15, 0.2) is 16.6 Å². The summed E-state index contributed by atoms with van der Waals surface area (Å²) in [5.74, 6) is -2.35. The average molecular weight is 425 g/mol. The van der Waals surface area contributed by atoms with Crippen molar-refractivity contribution >= 4 is 40.4 Å². The van der Waals surface area contributed by atoms with Gasteiger partial charge < -0.3 is 5.11 Å². The molecule has 0 aliphatic heterocycles. The van der Waals surface area contributed by atoms with Crippen molar-refractivity contribution in [1.29, 1.82) is 0 Å². The van der Waals surface area contributed by atoms with Crippen molar-refractivity contribution < 1.29 is 14.3 Å². The zero-order valence-corrected chi connectivity index (χ0v) is 16.3. The average Bonchev–Trinajstić information content (AvgIpc) is 2.62. The lowest BCUT2D eigenvalue weighted by Crippen LogP contribution is -2.31. The van der Waals surface area contributed by atoms with Crippen molar-refractivity contribution in [2.45, 2.75) is 24.7 Å². The van der Waals surface area contributed by atoms with E-state index >= 15 is 0 Å². The molecule has 0 amide bonds. The Morgan fingerprint density at radius 2 is 2.14 bits per heavy atom. The summed E-state index contributed by atoms with van der Waals surface area (Å²) in [5.41, 5.74) is -1.03. The van der Waals surface area contributed by atoms with Gasteiger partial charge in [0, 0.05) is 11.1 Å². The highest BCUT2D eigenvalue weighted by Crippen LogP contribution is 2.32. The molecule has 3 heterocycles. The number of carboxylic acid groups (broad SMARTS) is 1. The van der Waals surface area contributed by atoms with Crippen molar-refractivity contribution in [3.63, 3.8) is 0 Å². The van der Waals surface area contributed by atoms with Crippen LogP contribution in [-0.4, -0.2) is 36.3 Å². The monoisotopic (exact) mass is 424 g/mol. The van der Waals surface area contributed by atoms with E-state index in [0.717, 1.165) is 22.4 Å². The van der Waals surface area contributed by atoms with E-state index in [1.165, 1.54) is 6.20 Å². The Morgan fingerprint density at radius 1 is 1.43 bits per heavy atom. The molecule has 28 heavy (non-hydrogen) atoms. The fourth-order valence-electron chi connectivity index (χ4n) is 2.67. The van der Waals surface area contributed by atoms with Crippen LogP contribution in [0, 0.1) is 5.82 Å². The number of nitrogens with zero attached hydrogens (tertiary/aromatic N) is 3. The molecule has 11 heteroatoms. The van der Waals surface area contributed by atoms with Crippen molar-refractivity contribution in [3.05, 3.63) is 55.8 Å². The molecule has 3 rings (SSSR count). The Kier molecular flexibility index (Phi) is 5.52. The molecule has 2 N–H and O–H groups in total. The summed E-state index contributed by atoms with van der Waals surface area (Å²) in [6.45, 7) is 3.69. The summed E-state index contributed by atoms with van der Waals surface area (Å²) in [6, 6.07) is 2.46. The van der Waals surface area contributed by atoms with Gasteiger partial charge in [0.25, 0.3) is 5.56 Å². The number of hydrogen-bond acceptors (Lipinski definition) is 6. The van der Waals surface area contributed by atoms with Gasteiger partial charge in [-0.2, -0.15) is 0 Å². The second kappa shape index (κ2) is 7.72. The Morgan fingerprint density at radius 3 is 2.79 bits per heavy atom. The Bertz CT molecular complexity index is 1210. The van der Waals surface area contributed by atoms with Gasteiger partial charge in [-0.1, -0.05) is 25.4 Å². The van der Waals surface area contributed by atoms with E-state index in [4.69, 9.17) is 16.7 Å². The number of thioether (sulfide) groups is 1. The number of hydrogen-bond donors (Lipinski definition) is 2. The Balaban J connectivity index is 2.45. The quantitative estimate of drug-likeness (QED) is 0.477. The predicted molar refractivity (Wildman–Crippen MR) is 103 cm³/mol. The van der Waals surface area contributed by atoms with Crippen molar-refractivity contribution in [2.75, 3.05) is 5.75 Å². The Labute approximate surface area is 166 Å². The van der Waals surface area contributed by atoms with Crippen LogP contribution in [0.1, 0.15) is 25.5 Å². The summed E-state index contributed by atoms with van der Waals surface area (Å²) in [5, 5.41) is 8.35. The van der Waals surface area contributed by atoms with Crippen LogP contribution in [0.25, 0.3) is 16.7 Å². The lowest BCUT2D eigenvalue weighted by molar-refractivity contribution is -0.133. The maximum atomic E-state index is 13.8. The maximum absolute atomic E-state index is 13.8. The molecule has 0 radical (unpaired) electrons. The molecule has 146 valence electrons. The molecular formula is C17H14ClFN4O4S. The number of aromatic nitrogens is 4. The predicted octanol–water partition coefficient (Wildman–Crippen LogP) is 2.56. The van der Waals surface area contributed by atoms with Gasteiger partial charge >= 0.3 is 11.7 Å². The number of aromatic amines is 1. The van der Waals surface area contributed by atoms with Crippen molar-refractivity contribution in [2.24, 2.45) is 0 Å². The number of H-pyrrole nitrogens is 1. The first-order chi connectivity index (χ1) is 13.2. The standard InChI is InChI=1S/C17H14ClFN4O4S/c1-7(2)12-13(10(3-4-20-12)28-6-11(24)25)23-15-8(16(26)22-17(23)27)5-9(19)14(18)21-15/h3-5,7H,6H2,1-2H3,(H,24,25)(H,22,26,27). The fraction of sp³-hybridized carbons (Fsp3) is 0.235. The van der Waals surface area contributed by atoms with Crippen molar-refractivity contribution in [3.8, 4) is 5.69 Å². The lowest BCUT2D eigenvalue weighted by Gasteiger charge is -2.18. The molecule has 0 bridgehead atoms. The number of aliphatic carboxylic acids is 1. The number of carboxylic acids is 1. The van der Waals surface area contributed by atoms with Crippen LogP contribution in [0.4, 0.5) is 4.39 Å². The minimum atomic E-state index is -1.04. The molecular weight excluding hydrogens is 411 g/mol. The van der Waals surface area contributed by atoms with E-state index in [9.17, 15) is 18.8 Å². The molecule has 0 aliphatic carbocycles. The van der Waals surface area contributed by atoms with Crippen LogP contribution >= 0.6 is 23.4 Å². The van der Waals surface area contributed by atoms with Gasteiger partial charge in [0.05, 0.1) is 22.5 Å². The topological polar surface area (TPSA) is 118 Å². The summed E-state index contributed by atoms with van der Waals surface area (Å²) in [6.07, 6.45) is 1.50. The summed E-state index contributed by atoms with van der Waals surface area (Å²) in [4.78, 5) is 46.6. The third kappa shape index (κ3) is 3.65. The second-order valence-electron chi connectivity index (χ2n) is 6.11. The normalized spacial score (nSPS) is 11.3. The number of rotatable bonds is 5. The first kappa shape index (κ1) is 20.0. The van der Waals surface area contributed by atoms with Crippen LogP contribution in [0.15, 0.2) is 32.8 Å². The van der Waals surface area contributed by atoms with E-state index in [2.05, 4.69) is 15.0 Å². The summed E-state index contributed by atoms with van der Waals surface area (Å²) in [7, 11) is 0. The summed E-state index contributed by atoms with van der Waals surface area (Å²) >= 11 is 6.77. The van der Waals surface area contributed by atoms with Gasteiger partial charge in [-0.25, -0.2) is 18.7 Å². The Hall–Kier alpha value is -2.72. The minimum Gasteiger partial charge on any atom is -0.481 e. The third-order valence-corrected chi connectivity index (χ3v) is 5.13.